The summed E-state index contributed by atoms with van der Waals surface area (Å²) in [6.07, 6.45) is 47.9. The molecular weight excluding hydrogens is 1030 g/mol. The molecule has 4 aromatic carbocycles. The quantitative estimate of drug-likeness (QED) is 0.0403. The van der Waals surface area contributed by atoms with Crippen molar-refractivity contribution in [1.82, 2.24) is 19.9 Å². The van der Waals surface area contributed by atoms with Crippen molar-refractivity contribution in [3.8, 4) is 33.4 Å². The average molecular weight is 1130 g/mol. The van der Waals surface area contributed by atoms with E-state index in [9.17, 15) is 0 Å². The molecule has 0 fully saturated rings. The second kappa shape index (κ2) is 29.2. The van der Waals surface area contributed by atoms with E-state index in [2.05, 4.69) is 183 Å². The van der Waals surface area contributed by atoms with E-state index in [4.69, 9.17) is 9.97 Å². The minimum Gasteiger partial charge on any atom is -0.355 e. The van der Waals surface area contributed by atoms with Gasteiger partial charge < -0.3 is 9.97 Å². The molecule has 3 aromatic heterocycles. The fourth-order valence-corrected chi connectivity index (χ4v) is 15.6. The molecule has 5 heterocycles. The van der Waals surface area contributed by atoms with Crippen LogP contribution in [0.1, 0.15) is 277 Å². The zero-order valence-corrected chi connectivity index (χ0v) is 52.7. The molecule has 2 aliphatic heterocycles. The van der Waals surface area contributed by atoms with Gasteiger partial charge in [-0.15, -0.1) is 0 Å². The van der Waals surface area contributed by atoms with E-state index in [0.29, 0.717) is 0 Å². The first-order chi connectivity index (χ1) is 41.9. The maximum absolute atomic E-state index is 5.55. The minimum atomic E-state index is -0.113. The van der Waals surface area contributed by atoms with Gasteiger partial charge in [-0.25, -0.2) is 9.97 Å². The molecule has 0 spiro atoms. The molecule has 2 N–H and O–H groups in total. The van der Waals surface area contributed by atoms with E-state index in [1.807, 2.05) is 0 Å². The number of benzene rings is 4. The number of H-pyrrole nitrogens is 2. The fraction of sp³-hybridized carbons (Fsp3) is 0.457. The van der Waals surface area contributed by atoms with Gasteiger partial charge in [0.1, 0.15) is 0 Å². The monoisotopic (exact) mass is 1130 g/mol. The second-order valence-electron chi connectivity index (χ2n) is 26.3. The standard InChI is InChI=1S/C81H100N4/c1-5-8-11-14-17-19-20-21-22-23-24-26-29-36-55-81(54-35-28-25-18-15-12-9-6-2)73-46-33-31-40-66(73)68-42-38-44-70(79(68)81)77-74-51-49-61(83-74)56-60-47-48-63(82-60)59-76-71(58-64(85-76)57-62-50-52-75(77)84-62)69-43-37-41-67-65-39-30-32-45-72(65)80(4,78(67)69)53-34-27-16-13-10-7-3/h30-33,37-52,56-59,82,84H,5-29,34-36,53-55H2,1-4H3. The van der Waals surface area contributed by atoms with Gasteiger partial charge in [0.2, 0.25) is 0 Å². The summed E-state index contributed by atoms with van der Waals surface area (Å²) >= 11 is 0. The summed E-state index contributed by atoms with van der Waals surface area (Å²) in [5.41, 5.74) is 24.4. The maximum atomic E-state index is 5.55. The van der Waals surface area contributed by atoms with Crippen LogP contribution in [0.25, 0.3) is 79.2 Å². The Hall–Kier alpha value is -6.52. The first-order valence-corrected chi connectivity index (χ1v) is 34.5. The number of rotatable bonds is 33. The van der Waals surface area contributed by atoms with Crippen molar-refractivity contribution in [3.63, 3.8) is 0 Å². The Labute approximate surface area is 512 Å². The van der Waals surface area contributed by atoms with E-state index in [-0.39, 0.29) is 10.8 Å². The maximum Gasteiger partial charge on any atom is 0.0737 e. The predicted octanol–water partition coefficient (Wildman–Crippen LogP) is 24.4. The van der Waals surface area contributed by atoms with Crippen LogP contribution in [0, 0.1) is 0 Å². The zero-order valence-electron chi connectivity index (χ0n) is 52.7. The van der Waals surface area contributed by atoms with Crippen LogP contribution >= 0.6 is 0 Å². The third-order valence-electron chi connectivity index (χ3n) is 20.1. The molecule has 2 unspecified atom stereocenters. The Balaban J connectivity index is 0.965. The van der Waals surface area contributed by atoms with Crippen LogP contribution < -0.4 is 0 Å². The lowest BCUT2D eigenvalue weighted by Gasteiger charge is -2.34. The van der Waals surface area contributed by atoms with Crippen molar-refractivity contribution in [1.29, 1.82) is 0 Å². The number of hydrogen-bond acceptors (Lipinski definition) is 2. The molecule has 8 bridgehead atoms. The number of nitrogens with zero attached hydrogens (tertiary/aromatic N) is 2. The lowest BCUT2D eigenvalue weighted by Crippen LogP contribution is -2.26. The zero-order chi connectivity index (χ0) is 58.3. The summed E-state index contributed by atoms with van der Waals surface area (Å²) in [4.78, 5) is 18.9. The SMILES string of the molecule is CCCCCCCCCCCCCCCCC1(CCCCCCCCCC)c2ccccc2-c2cccc(-c3c4nc(cc5ccc(cc6nc(cc7ccc3[nH]7)C=C6c3cccc6c3C(C)(CCCCCCCC)c3ccccc3-6)[nH]5)C=C4)c21. The van der Waals surface area contributed by atoms with Gasteiger partial charge in [0.25, 0.3) is 0 Å². The van der Waals surface area contributed by atoms with E-state index < -0.39 is 0 Å². The van der Waals surface area contributed by atoms with Crippen molar-refractivity contribution >= 4 is 45.9 Å². The van der Waals surface area contributed by atoms with Gasteiger partial charge in [0, 0.05) is 44.0 Å². The van der Waals surface area contributed by atoms with Gasteiger partial charge in [-0.05, 0) is 136 Å². The molecular formula is C81H100N4. The van der Waals surface area contributed by atoms with Crippen LogP contribution in [0.5, 0.6) is 0 Å². The topological polar surface area (TPSA) is 57.4 Å². The summed E-state index contributed by atoms with van der Waals surface area (Å²) in [6.45, 7) is 9.47. The molecule has 2 atom stereocenters. The molecule has 0 radical (unpaired) electrons. The Morgan fingerprint density at radius 2 is 0.824 bits per heavy atom. The highest BCUT2D eigenvalue weighted by Gasteiger charge is 2.45. The number of nitrogens with one attached hydrogen (secondary N) is 2. The Morgan fingerprint density at radius 3 is 1.44 bits per heavy atom. The molecule has 0 saturated carbocycles. The van der Waals surface area contributed by atoms with Crippen LogP contribution in [0.15, 0.2) is 127 Å². The first-order valence-electron chi connectivity index (χ1n) is 34.5. The number of fused-ring (bicyclic) bond motifs is 14. The van der Waals surface area contributed by atoms with Crippen molar-refractivity contribution in [2.24, 2.45) is 0 Å². The van der Waals surface area contributed by atoms with E-state index >= 15 is 0 Å². The largest absolute Gasteiger partial charge is 0.355 e. The third-order valence-corrected chi connectivity index (χ3v) is 20.1. The molecule has 4 heteroatoms. The van der Waals surface area contributed by atoms with Gasteiger partial charge >= 0.3 is 0 Å². The predicted molar refractivity (Wildman–Crippen MR) is 367 cm³/mol. The van der Waals surface area contributed by atoms with Crippen LogP contribution in [0.3, 0.4) is 0 Å². The number of aromatic amines is 2. The highest BCUT2D eigenvalue weighted by Crippen LogP contribution is 2.58. The van der Waals surface area contributed by atoms with Crippen molar-refractivity contribution < 1.29 is 0 Å². The Bertz CT molecular complexity index is 3580. The molecule has 85 heavy (non-hydrogen) atoms. The number of unbranched alkanes of at least 4 members (excludes halogenated alkanes) is 25. The average Bonchev–Trinajstić information content (AvgIpc) is 1.65. The van der Waals surface area contributed by atoms with E-state index in [0.717, 1.165) is 51.3 Å². The lowest BCUT2D eigenvalue weighted by molar-refractivity contribution is 0.397. The summed E-state index contributed by atoms with van der Waals surface area (Å²) < 4.78 is 0. The van der Waals surface area contributed by atoms with Crippen LogP contribution in [0.4, 0.5) is 0 Å². The molecule has 0 amide bonds. The van der Waals surface area contributed by atoms with Crippen molar-refractivity contribution in [3.05, 3.63) is 178 Å². The van der Waals surface area contributed by atoms with E-state index in [1.165, 1.54) is 259 Å². The van der Waals surface area contributed by atoms with Crippen LogP contribution in [-0.2, 0) is 10.8 Å². The summed E-state index contributed by atoms with van der Waals surface area (Å²) in [7, 11) is 0. The van der Waals surface area contributed by atoms with Gasteiger partial charge in [0.05, 0.1) is 22.8 Å². The Kier molecular flexibility index (Phi) is 20.7. The van der Waals surface area contributed by atoms with Gasteiger partial charge in [-0.2, -0.15) is 0 Å². The normalized spacial score (nSPS) is 16.4. The van der Waals surface area contributed by atoms with Crippen molar-refractivity contribution in [2.75, 3.05) is 0 Å². The molecule has 444 valence electrons. The Morgan fingerprint density at radius 1 is 0.365 bits per heavy atom. The smallest absolute Gasteiger partial charge is 0.0737 e. The molecule has 7 aromatic rings. The molecule has 4 nitrogen and oxygen atoms in total. The number of hydrogen-bond donors (Lipinski definition) is 2. The van der Waals surface area contributed by atoms with Gasteiger partial charge in [-0.3, -0.25) is 0 Å². The second-order valence-corrected chi connectivity index (χ2v) is 26.3. The van der Waals surface area contributed by atoms with Crippen LogP contribution in [0.2, 0.25) is 0 Å². The molecule has 0 saturated heterocycles. The highest BCUT2D eigenvalue weighted by molar-refractivity contribution is 6.00. The van der Waals surface area contributed by atoms with E-state index in [1.54, 1.807) is 0 Å². The minimum absolute atomic E-state index is 0.0972. The first kappa shape index (κ1) is 60.2. The number of aromatic nitrogens is 4. The molecule has 11 rings (SSSR count). The molecule has 4 aliphatic rings. The summed E-state index contributed by atoms with van der Waals surface area (Å²) in [6, 6.07) is 48.7. The van der Waals surface area contributed by atoms with Gasteiger partial charge in [0.15, 0.2) is 0 Å². The summed E-state index contributed by atoms with van der Waals surface area (Å²) in [5, 5.41) is 0. The lowest BCUT2D eigenvalue weighted by atomic mass is 9.68. The van der Waals surface area contributed by atoms with Gasteiger partial charge in [-0.1, -0.05) is 292 Å². The molecule has 2 aliphatic carbocycles. The third kappa shape index (κ3) is 13.7. The summed E-state index contributed by atoms with van der Waals surface area (Å²) in [5.74, 6) is 0. The van der Waals surface area contributed by atoms with Crippen LogP contribution in [-0.4, -0.2) is 19.9 Å². The fourth-order valence-electron chi connectivity index (χ4n) is 15.6. The van der Waals surface area contributed by atoms with Crippen molar-refractivity contribution in [2.45, 2.75) is 238 Å². The highest BCUT2D eigenvalue weighted by atomic mass is 14.8.